The highest BCUT2D eigenvalue weighted by molar-refractivity contribution is 5.49. The van der Waals surface area contributed by atoms with Crippen LogP contribution in [0.1, 0.15) is 12.0 Å². The van der Waals surface area contributed by atoms with E-state index < -0.39 is 0 Å². The Morgan fingerprint density at radius 2 is 1.68 bits per heavy atom. The topological polar surface area (TPSA) is 34.2 Å². The molecule has 5 heteroatoms. The van der Waals surface area contributed by atoms with Crippen molar-refractivity contribution < 1.29 is 14.2 Å². The van der Waals surface area contributed by atoms with Gasteiger partial charge < -0.3 is 19.1 Å². The van der Waals surface area contributed by atoms with E-state index in [4.69, 9.17) is 14.2 Å². The molecule has 0 saturated carbocycles. The fraction of sp³-hybridized carbons (Fsp3) is 0.391. The fourth-order valence-corrected chi connectivity index (χ4v) is 3.54. The van der Waals surface area contributed by atoms with E-state index in [-0.39, 0.29) is 0 Å². The Balaban J connectivity index is 1.10. The highest BCUT2D eigenvalue weighted by atomic mass is 16.7. The third-order valence-electron chi connectivity index (χ3n) is 5.17. The van der Waals surface area contributed by atoms with Gasteiger partial charge in [-0.2, -0.15) is 0 Å². The average Bonchev–Trinajstić information content (AvgIpc) is 3.21. The van der Waals surface area contributed by atoms with Gasteiger partial charge in [-0.15, -0.1) is 0 Å². The molecular formula is C23H28N2O3. The lowest BCUT2D eigenvalue weighted by atomic mass is 10.2. The average molecular weight is 380 g/mol. The molecule has 0 radical (unpaired) electrons. The minimum absolute atomic E-state index is 0.298. The van der Waals surface area contributed by atoms with Crippen LogP contribution in [0.4, 0.5) is 0 Å². The lowest BCUT2D eigenvalue weighted by Gasteiger charge is -2.34. The van der Waals surface area contributed by atoms with Gasteiger partial charge in [0.2, 0.25) is 6.79 Å². The zero-order chi connectivity index (χ0) is 19.0. The second kappa shape index (κ2) is 9.62. The van der Waals surface area contributed by atoms with Crippen LogP contribution in [0.5, 0.6) is 17.2 Å². The van der Waals surface area contributed by atoms with Crippen LogP contribution < -0.4 is 14.2 Å². The third-order valence-corrected chi connectivity index (χ3v) is 5.17. The molecule has 2 aliphatic rings. The van der Waals surface area contributed by atoms with Crippen molar-refractivity contribution >= 4 is 6.08 Å². The largest absolute Gasteiger partial charge is 0.493 e. The van der Waals surface area contributed by atoms with Crippen LogP contribution in [-0.4, -0.2) is 62.5 Å². The van der Waals surface area contributed by atoms with Crippen LogP contribution >= 0.6 is 0 Å². The molecule has 2 aromatic rings. The van der Waals surface area contributed by atoms with Crippen LogP contribution in [0.3, 0.4) is 0 Å². The molecule has 0 unspecified atom stereocenters. The van der Waals surface area contributed by atoms with Crippen LogP contribution in [-0.2, 0) is 0 Å². The van der Waals surface area contributed by atoms with Gasteiger partial charge in [-0.05, 0) is 24.1 Å². The van der Waals surface area contributed by atoms with E-state index >= 15 is 0 Å². The van der Waals surface area contributed by atoms with Crippen molar-refractivity contribution in [3.63, 3.8) is 0 Å². The first kappa shape index (κ1) is 18.8. The van der Waals surface area contributed by atoms with Crippen molar-refractivity contribution in [1.82, 2.24) is 9.80 Å². The molecule has 1 saturated heterocycles. The van der Waals surface area contributed by atoms with E-state index in [1.165, 1.54) is 5.56 Å². The number of fused-ring (bicyclic) bond motifs is 1. The van der Waals surface area contributed by atoms with Crippen molar-refractivity contribution in [3.05, 3.63) is 60.2 Å². The standard InChI is InChI=1S/C23H28N2O3/c1-2-6-20(7-3-1)8-4-11-24-13-15-25(16-14-24)12-5-17-26-21-9-10-22-23(18-21)28-19-27-22/h1-4,6-10,18H,5,11-17,19H2/b8-4+. The Morgan fingerprint density at radius 3 is 2.54 bits per heavy atom. The maximum absolute atomic E-state index is 5.86. The summed E-state index contributed by atoms with van der Waals surface area (Å²) in [7, 11) is 0. The van der Waals surface area contributed by atoms with E-state index in [0.29, 0.717) is 6.79 Å². The molecule has 0 amide bonds. The zero-order valence-corrected chi connectivity index (χ0v) is 16.3. The molecule has 4 rings (SSSR count). The Morgan fingerprint density at radius 1 is 0.893 bits per heavy atom. The van der Waals surface area contributed by atoms with Crippen molar-refractivity contribution in [3.8, 4) is 17.2 Å². The summed E-state index contributed by atoms with van der Waals surface area (Å²) < 4.78 is 16.6. The van der Waals surface area contributed by atoms with Crippen molar-refractivity contribution in [1.29, 1.82) is 0 Å². The second-order valence-electron chi connectivity index (χ2n) is 7.17. The van der Waals surface area contributed by atoms with E-state index in [2.05, 4.69) is 52.3 Å². The first-order chi connectivity index (χ1) is 13.9. The van der Waals surface area contributed by atoms with Crippen LogP contribution in [0.2, 0.25) is 0 Å². The number of benzene rings is 2. The molecule has 0 atom stereocenters. The molecule has 2 aliphatic heterocycles. The zero-order valence-electron chi connectivity index (χ0n) is 16.3. The maximum atomic E-state index is 5.86. The number of ether oxygens (including phenoxy) is 3. The number of nitrogens with zero attached hydrogens (tertiary/aromatic N) is 2. The van der Waals surface area contributed by atoms with Crippen LogP contribution in [0, 0.1) is 0 Å². The molecule has 2 aromatic carbocycles. The maximum Gasteiger partial charge on any atom is 0.231 e. The first-order valence-electron chi connectivity index (χ1n) is 10.1. The predicted octanol–water partition coefficient (Wildman–Crippen LogP) is 3.52. The summed E-state index contributed by atoms with van der Waals surface area (Å²) in [5.74, 6) is 2.41. The molecule has 0 N–H and O–H groups in total. The highest BCUT2D eigenvalue weighted by Crippen LogP contribution is 2.35. The summed E-state index contributed by atoms with van der Waals surface area (Å²) in [6.45, 7) is 7.64. The first-order valence-corrected chi connectivity index (χ1v) is 10.1. The molecule has 28 heavy (non-hydrogen) atoms. The van der Waals surface area contributed by atoms with Gasteiger partial charge in [0.25, 0.3) is 0 Å². The number of rotatable bonds is 8. The van der Waals surface area contributed by atoms with Gasteiger partial charge in [0.1, 0.15) is 5.75 Å². The molecule has 1 fully saturated rings. The molecule has 148 valence electrons. The fourth-order valence-electron chi connectivity index (χ4n) is 3.54. The molecule has 0 bridgehead atoms. The van der Waals surface area contributed by atoms with Gasteiger partial charge in [-0.25, -0.2) is 0 Å². The monoisotopic (exact) mass is 380 g/mol. The van der Waals surface area contributed by atoms with Gasteiger partial charge in [0.15, 0.2) is 11.5 Å². The van der Waals surface area contributed by atoms with E-state index in [9.17, 15) is 0 Å². The normalized spacial score (nSPS) is 17.3. The van der Waals surface area contributed by atoms with Crippen LogP contribution in [0.25, 0.3) is 6.08 Å². The molecule has 0 aliphatic carbocycles. The SMILES string of the molecule is C(=C\c1ccccc1)/CN1CCN(CCCOc2ccc3c(c2)OCO3)CC1. The van der Waals surface area contributed by atoms with Crippen molar-refractivity contribution in [2.24, 2.45) is 0 Å². The lowest BCUT2D eigenvalue weighted by molar-refractivity contribution is 0.135. The quantitative estimate of drug-likeness (QED) is 0.655. The molecular weight excluding hydrogens is 352 g/mol. The summed E-state index contributed by atoms with van der Waals surface area (Å²) in [4.78, 5) is 5.04. The smallest absolute Gasteiger partial charge is 0.231 e. The summed E-state index contributed by atoms with van der Waals surface area (Å²) in [5, 5.41) is 0. The highest BCUT2D eigenvalue weighted by Gasteiger charge is 2.16. The minimum Gasteiger partial charge on any atom is -0.493 e. The minimum atomic E-state index is 0.298. The van der Waals surface area contributed by atoms with E-state index in [1.807, 2.05) is 18.2 Å². The number of hydrogen-bond acceptors (Lipinski definition) is 5. The van der Waals surface area contributed by atoms with Gasteiger partial charge >= 0.3 is 0 Å². The lowest BCUT2D eigenvalue weighted by Crippen LogP contribution is -2.46. The predicted molar refractivity (Wildman–Crippen MR) is 111 cm³/mol. The van der Waals surface area contributed by atoms with E-state index in [1.54, 1.807) is 0 Å². The van der Waals surface area contributed by atoms with Crippen LogP contribution in [0.15, 0.2) is 54.6 Å². The molecule has 0 aromatic heterocycles. The van der Waals surface area contributed by atoms with Crippen molar-refractivity contribution in [2.45, 2.75) is 6.42 Å². The molecule has 2 heterocycles. The second-order valence-corrected chi connectivity index (χ2v) is 7.17. The summed E-state index contributed by atoms with van der Waals surface area (Å²) in [5.41, 5.74) is 1.27. The Labute approximate surface area is 167 Å². The summed E-state index contributed by atoms with van der Waals surface area (Å²) >= 11 is 0. The summed E-state index contributed by atoms with van der Waals surface area (Å²) in [6.07, 6.45) is 5.51. The van der Waals surface area contributed by atoms with Gasteiger partial charge in [-0.1, -0.05) is 42.5 Å². The van der Waals surface area contributed by atoms with Gasteiger partial charge in [-0.3, -0.25) is 4.90 Å². The van der Waals surface area contributed by atoms with Gasteiger partial charge in [0.05, 0.1) is 6.61 Å². The molecule has 0 spiro atoms. The Kier molecular flexibility index (Phi) is 6.48. The van der Waals surface area contributed by atoms with Crippen molar-refractivity contribution in [2.75, 3.05) is 52.7 Å². The number of hydrogen-bond donors (Lipinski definition) is 0. The Bertz CT molecular complexity index is 771. The summed E-state index contributed by atoms with van der Waals surface area (Å²) in [6, 6.07) is 16.2. The molecule has 5 nitrogen and oxygen atoms in total. The van der Waals surface area contributed by atoms with Gasteiger partial charge in [0, 0.05) is 45.3 Å². The van der Waals surface area contributed by atoms with E-state index in [0.717, 1.165) is 69.5 Å². The Hall–Kier alpha value is -2.50. The number of piperazine rings is 1. The third kappa shape index (κ3) is 5.27.